The Morgan fingerprint density at radius 1 is 1.20 bits per heavy atom. The van der Waals surface area contributed by atoms with Crippen molar-refractivity contribution in [3.05, 3.63) is 57.8 Å². The van der Waals surface area contributed by atoms with Crippen LogP contribution in [0.1, 0.15) is 48.9 Å². The van der Waals surface area contributed by atoms with Crippen molar-refractivity contribution in [2.45, 2.75) is 65.1 Å². The summed E-state index contributed by atoms with van der Waals surface area (Å²) in [5.41, 5.74) is 3.72. The van der Waals surface area contributed by atoms with Gasteiger partial charge in [-0.05, 0) is 75.3 Å². The maximum atomic E-state index is 13.1. The molecule has 186 valence electrons. The normalized spacial score (nSPS) is 18.6. The second-order valence-electron chi connectivity index (χ2n) is 10.2. The Morgan fingerprint density at radius 2 is 2.06 bits per heavy atom. The van der Waals surface area contributed by atoms with Gasteiger partial charge in [-0.1, -0.05) is 12.5 Å². The number of carbonyl (C=O) groups excluding carboxylic acids is 1. The van der Waals surface area contributed by atoms with Crippen molar-refractivity contribution in [2.24, 2.45) is 5.92 Å². The molecule has 2 aromatic heterocycles. The third kappa shape index (κ3) is 5.59. The van der Waals surface area contributed by atoms with Crippen molar-refractivity contribution < 1.29 is 4.79 Å². The summed E-state index contributed by atoms with van der Waals surface area (Å²) in [6.07, 6.45) is 9.99. The van der Waals surface area contributed by atoms with Crippen LogP contribution in [0.25, 0.3) is 10.9 Å². The predicted molar refractivity (Wildman–Crippen MR) is 139 cm³/mol. The number of likely N-dealkylation sites (tertiary alicyclic amines) is 1. The number of nitrogens with zero attached hydrogens (tertiary/aromatic N) is 3. The molecule has 0 unspecified atom stereocenters. The topological polar surface area (TPSA) is 95.0 Å². The first-order chi connectivity index (χ1) is 17.0. The van der Waals surface area contributed by atoms with Crippen molar-refractivity contribution in [3.8, 4) is 0 Å². The van der Waals surface area contributed by atoms with Crippen molar-refractivity contribution in [3.63, 3.8) is 0 Å². The van der Waals surface area contributed by atoms with Gasteiger partial charge < -0.3 is 15.6 Å². The summed E-state index contributed by atoms with van der Waals surface area (Å²) in [6, 6.07) is 6.55. The lowest BCUT2D eigenvalue weighted by molar-refractivity contribution is -0.121. The second-order valence-corrected chi connectivity index (χ2v) is 10.2. The maximum Gasteiger partial charge on any atom is 0.293 e. The zero-order chi connectivity index (χ0) is 24.4. The summed E-state index contributed by atoms with van der Waals surface area (Å²) in [5, 5.41) is 7.41. The molecule has 1 saturated heterocycles. The molecule has 1 amide bonds. The fourth-order valence-corrected chi connectivity index (χ4v) is 5.08. The smallest absolute Gasteiger partial charge is 0.293 e. The van der Waals surface area contributed by atoms with E-state index < -0.39 is 0 Å². The quantitative estimate of drug-likeness (QED) is 0.440. The van der Waals surface area contributed by atoms with Crippen molar-refractivity contribution in [2.75, 3.05) is 25.0 Å². The molecule has 1 aliphatic heterocycles. The number of aryl methyl sites for hydroxylation is 2. The lowest BCUT2D eigenvalue weighted by Gasteiger charge is -2.36. The molecule has 0 spiro atoms. The fourth-order valence-electron chi connectivity index (χ4n) is 5.08. The highest BCUT2D eigenvalue weighted by atomic mass is 16.2. The molecule has 1 atom stereocenters. The summed E-state index contributed by atoms with van der Waals surface area (Å²) < 4.78 is 1.51. The van der Waals surface area contributed by atoms with E-state index in [2.05, 4.69) is 38.5 Å². The number of fused-ring (bicyclic) bond motifs is 1. The minimum Gasteiger partial charge on any atom is -0.364 e. The number of H-pyrrole nitrogens is 1. The van der Waals surface area contributed by atoms with Crippen molar-refractivity contribution in [1.29, 1.82) is 0 Å². The van der Waals surface area contributed by atoms with Crippen LogP contribution in [0.2, 0.25) is 0 Å². The van der Waals surface area contributed by atoms with E-state index in [4.69, 9.17) is 0 Å². The Kier molecular flexibility index (Phi) is 6.90. The van der Waals surface area contributed by atoms with E-state index in [0.717, 1.165) is 35.3 Å². The highest BCUT2D eigenvalue weighted by molar-refractivity contribution is 5.83. The number of amides is 1. The number of aromatic nitrogens is 3. The number of hydrogen-bond acceptors (Lipinski definition) is 5. The highest BCUT2D eigenvalue weighted by Crippen LogP contribution is 2.32. The first-order valence-electron chi connectivity index (χ1n) is 12.9. The van der Waals surface area contributed by atoms with Crippen LogP contribution in [-0.4, -0.2) is 51.0 Å². The number of anilines is 1. The first-order valence-corrected chi connectivity index (χ1v) is 12.9. The molecule has 1 saturated carbocycles. The third-order valence-corrected chi connectivity index (χ3v) is 7.44. The summed E-state index contributed by atoms with van der Waals surface area (Å²) in [6.45, 7) is 7.30. The van der Waals surface area contributed by atoms with Crippen LogP contribution in [0.5, 0.6) is 0 Å². The minimum atomic E-state index is -0.242. The molecule has 3 aromatic rings. The lowest BCUT2D eigenvalue weighted by Crippen LogP contribution is -2.45. The van der Waals surface area contributed by atoms with Crippen LogP contribution in [0.4, 0.5) is 5.82 Å². The Balaban J connectivity index is 1.20. The average Bonchev–Trinajstić information content (AvgIpc) is 3.61. The monoisotopic (exact) mass is 476 g/mol. The van der Waals surface area contributed by atoms with E-state index >= 15 is 0 Å². The molecular weight excluding hydrogens is 440 g/mol. The zero-order valence-corrected chi connectivity index (χ0v) is 20.8. The van der Waals surface area contributed by atoms with Crippen LogP contribution in [0.15, 0.2) is 35.4 Å². The lowest BCUT2D eigenvalue weighted by atomic mass is 10.0. The summed E-state index contributed by atoms with van der Waals surface area (Å²) >= 11 is 0. The molecule has 8 nitrogen and oxygen atoms in total. The second kappa shape index (κ2) is 10.2. The van der Waals surface area contributed by atoms with Crippen LogP contribution < -0.4 is 16.2 Å². The van der Waals surface area contributed by atoms with Gasteiger partial charge in [0, 0.05) is 54.7 Å². The number of piperidine rings is 1. The molecule has 0 radical (unpaired) electrons. The largest absolute Gasteiger partial charge is 0.364 e. The molecule has 35 heavy (non-hydrogen) atoms. The predicted octanol–water partition coefficient (Wildman–Crippen LogP) is 3.33. The summed E-state index contributed by atoms with van der Waals surface area (Å²) in [7, 11) is 0. The number of hydrogen-bond donors (Lipinski definition) is 3. The molecule has 5 rings (SSSR count). The van der Waals surface area contributed by atoms with Crippen LogP contribution >= 0.6 is 0 Å². The molecule has 3 N–H and O–H groups in total. The summed E-state index contributed by atoms with van der Waals surface area (Å²) in [4.78, 5) is 36.0. The highest BCUT2D eigenvalue weighted by Gasteiger charge is 2.29. The number of rotatable bonds is 9. The van der Waals surface area contributed by atoms with Gasteiger partial charge in [0.25, 0.3) is 5.56 Å². The van der Waals surface area contributed by atoms with Gasteiger partial charge in [0.2, 0.25) is 5.91 Å². The SMILES string of the molecule is Cc1c[nH]c2ccc(CNC(=O)Cn3c(C)cnc(NC[C@H]4CCCCN4CC4CC4)c3=O)cc12. The molecule has 0 bridgehead atoms. The Bertz CT molecular complexity index is 1260. The van der Waals surface area contributed by atoms with E-state index in [0.29, 0.717) is 30.6 Å². The van der Waals surface area contributed by atoms with Gasteiger partial charge in [0.15, 0.2) is 5.82 Å². The molecule has 2 aliphatic rings. The van der Waals surface area contributed by atoms with E-state index in [1.807, 2.05) is 25.3 Å². The molecule has 2 fully saturated rings. The van der Waals surface area contributed by atoms with Gasteiger partial charge in [-0.3, -0.25) is 19.1 Å². The van der Waals surface area contributed by atoms with Gasteiger partial charge >= 0.3 is 0 Å². The van der Waals surface area contributed by atoms with Crippen molar-refractivity contribution >= 4 is 22.6 Å². The van der Waals surface area contributed by atoms with E-state index in [-0.39, 0.29) is 18.0 Å². The van der Waals surface area contributed by atoms with Gasteiger partial charge in [-0.2, -0.15) is 0 Å². The molecule has 8 heteroatoms. The molecule has 1 aromatic carbocycles. The van der Waals surface area contributed by atoms with E-state index in [1.54, 1.807) is 6.20 Å². The molecule has 3 heterocycles. The average molecular weight is 477 g/mol. The van der Waals surface area contributed by atoms with E-state index in [9.17, 15) is 9.59 Å². The fraction of sp³-hybridized carbons (Fsp3) is 0.519. The minimum absolute atomic E-state index is 0.0233. The number of carbonyl (C=O) groups is 1. The van der Waals surface area contributed by atoms with Gasteiger partial charge in [0.05, 0.1) is 0 Å². The number of nitrogens with one attached hydrogen (secondary N) is 3. The van der Waals surface area contributed by atoms with Gasteiger partial charge in [-0.25, -0.2) is 4.98 Å². The molecular formula is C27H36N6O2. The Morgan fingerprint density at radius 3 is 2.89 bits per heavy atom. The third-order valence-electron chi connectivity index (χ3n) is 7.44. The van der Waals surface area contributed by atoms with Crippen LogP contribution in [-0.2, 0) is 17.9 Å². The van der Waals surface area contributed by atoms with Gasteiger partial charge in [0.1, 0.15) is 6.54 Å². The number of benzene rings is 1. The van der Waals surface area contributed by atoms with Crippen LogP contribution in [0, 0.1) is 19.8 Å². The first kappa shape index (κ1) is 23.6. The van der Waals surface area contributed by atoms with Gasteiger partial charge in [-0.15, -0.1) is 0 Å². The Hall–Kier alpha value is -3.13. The number of aromatic amines is 1. The summed E-state index contributed by atoms with van der Waals surface area (Å²) in [5.74, 6) is 0.993. The maximum absolute atomic E-state index is 13.1. The Labute approximate surface area is 206 Å². The van der Waals surface area contributed by atoms with E-state index in [1.165, 1.54) is 42.4 Å². The van der Waals surface area contributed by atoms with Crippen molar-refractivity contribution in [1.82, 2.24) is 24.8 Å². The standard InChI is InChI=1S/C27H36N6O2/c1-18-12-28-24-9-8-21(11-23(18)24)14-29-25(34)17-33-19(2)13-30-26(27(33)35)31-15-22-5-3-4-10-32(22)16-20-6-7-20/h8-9,11-13,20,22,28H,3-7,10,14-17H2,1-2H3,(H,29,34)(H,30,31)/t22-/m1/s1. The van der Waals surface area contributed by atoms with Crippen LogP contribution in [0.3, 0.4) is 0 Å². The molecule has 1 aliphatic carbocycles. The zero-order valence-electron chi connectivity index (χ0n) is 20.8.